The van der Waals surface area contributed by atoms with Gasteiger partial charge in [-0.25, -0.2) is 19.1 Å². The number of anilines is 2. The van der Waals surface area contributed by atoms with Gasteiger partial charge in [-0.05, 0) is 25.1 Å². The number of aromatic nitrogens is 6. The Morgan fingerprint density at radius 2 is 2.06 bits per heavy atom. The highest BCUT2D eigenvalue weighted by atomic mass is 35.5. The number of carbonyl (C=O) groups excluding carboxylic acids is 1. The molecule has 32 heavy (non-hydrogen) atoms. The fourth-order valence-corrected chi connectivity index (χ4v) is 4.33. The van der Waals surface area contributed by atoms with Gasteiger partial charge in [-0.1, -0.05) is 24.6 Å². The Balaban J connectivity index is 1.75. The van der Waals surface area contributed by atoms with Crippen LogP contribution in [0.15, 0.2) is 47.7 Å². The van der Waals surface area contributed by atoms with Crippen molar-refractivity contribution in [3.8, 4) is 5.82 Å². The average Bonchev–Trinajstić information content (AvgIpc) is 3.13. The summed E-state index contributed by atoms with van der Waals surface area (Å²) in [4.78, 5) is 40.3. The lowest BCUT2D eigenvalue weighted by Gasteiger charge is -2.47. The van der Waals surface area contributed by atoms with Crippen molar-refractivity contribution in [3.63, 3.8) is 0 Å². The molecule has 0 aromatic carbocycles. The van der Waals surface area contributed by atoms with Crippen molar-refractivity contribution < 1.29 is 4.79 Å². The van der Waals surface area contributed by atoms with E-state index in [0.29, 0.717) is 34.6 Å². The van der Waals surface area contributed by atoms with E-state index in [4.69, 9.17) is 22.4 Å². The summed E-state index contributed by atoms with van der Waals surface area (Å²) < 4.78 is 2.94. The molecule has 10 nitrogen and oxygen atoms in total. The number of nitrogen functional groups attached to an aromatic ring is 1. The lowest BCUT2D eigenvalue weighted by Crippen LogP contribution is -2.52. The van der Waals surface area contributed by atoms with Gasteiger partial charge in [0.15, 0.2) is 11.6 Å². The highest BCUT2D eigenvalue weighted by molar-refractivity contribution is 6.33. The molecule has 1 saturated heterocycles. The summed E-state index contributed by atoms with van der Waals surface area (Å²) in [6.45, 7) is 4.09. The van der Waals surface area contributed by atoms with Crippen LogP contribution in [0.5, 0.6) is 0 Å². The molecule has 0 unspecified atom stereocenters. The van der Waals surface area contributed by atoms with E-state index >= 15 is 0 Å². The number of nitrogens with two attached hydrogens (primary N) is 1. The highest BCUT2D eigenvalue weighted by Gasteiger charge is 2.43. The molecule has 4 aromatic rings. The second kappa shape index (κ2) is 7.41. The minimum absolute atomic E-state index is 0.0611. The maximum absolute atomic E-state index is 13.5. The first-order chi connectivity index (χ1) is 15.4. The van der Waals surface area contributed by atoms with Crippen LogP contribution in [0.25, 0.3) is 11.3 Å². The smallest absolute Gasteiger partial charge is 0.285 e. The van der Waals surface area contributed by atoms with E-state index in [2.05, 4.69) is 15.0 Å². The predicted molar refractivity (Wildman–Crippen MR) is 119 cm³/mol. The number of hydrogen-bond donors (Lipinski definition) is 1. The number of Topliss-reactive ketones (excluding diaryl/α,β-unsaturated/α-hetero) is 1. The van der Waals surface area contributed by atoms with Gasteiger partial charge in [0.1, 0.15) is 17.2 Å². The maximum atomic E-state index is 13.5. The summed E-state index contributed by atoms with van der Waals surface area (Å²) >= 11 is 6.27. The molecule has 0 aliphatic carbocycles. The summed E-state index contributed by atoms with van der Waals surface area (Å²) in [5.41, 5.74) is 6.10. The predicted octanol–water partition coefficient (Wildman–Crippen LogP) is 2.31. The van der Waals surface area contributed by atoms with Crippen molar-refractivity contribution in [2.45, 2.75) is 19.9 Å². The van der Waals surface area contributed by atoms with Crippen LogP contribution in [-0.2, 0) is 0 Å². The zero-order valence-corrected chi connectivity index (χ0v) is 18.1. The fraction of sp³-hybridized carbons (Fsp3) is 0.238. The Bertz CT molecular complexity index is 1410. The summed E-state index contributed by atoms with van der Waals surface area (Å²) in [6, 6.07) is 6.56. The topological polar surface area (TPSA) is 124 Å². The Morgan fingerprint density at radius 1 is 1.25 bits per heavy atom. The van der Waals surface area contributed by atoms with E-state index in [1.165, 1.54) is 22.2 Å². The van der Waals surface area contributed by atoms with Gasteiger partial charge >= 0.3 is 0 Å². The number of halogens is 1. The van der Waals surface area contributed by atoms with Gasteiger partial charge in [-0.2, -0.15) is 10.1 Å². The molecule has 0 amide bonds. The van der Waals surface area contributed by atoms with Crippen molar-refractivity contribution in [2.75, 3.05) is 17.2 Å². The Labute approximate surface area is 187 Å². The molecule has 2 N–H and O–H groups in total. The molecular weight excluding hydrogens is 432 g/mol. The first-order valence-corrected chi connectivity index (χ1v) is 10.4. The second-order valence-corrected chi connectivity index (χ2v) is 8.15. The number of pyridine rings is 1. The van der Waals surface area contributed by atoms with Gasteiger partial charge in [0, 0.05) is 31.1 Å². The Kier molecular flexibility index (Phi) is 4.66. The van der Waals surface area contributed by atoms with E-state index < -0.39 is 0 Å². The van der Waals surface area contributed by atoms with E-state index in [1.807, 2.05) is 11.8 Å². The molecule has 1 fully saturated rings. The molecular formula is C21H19ClN8O2. The van der Waals surface area contributed by atoms with E-state index in [0.717, 1.165) is 0 Å². The molecule has 0 saturated carbocycles. The molecule has 162 valence electrons. The van der Waals surface area contributed by atoms with Gasteiger partial charge in [-0.3, -0.25) is 9.59 Å². The van der Waals surface area contributed by atoms with Crippen molar-refractivity contribution >= 4 is 34.7 Å². The average molecular weight is 451 g/mol. The number of carbonyl (C=O) groups is 1. The van der Waals surface area contributed by atoms with E-state index in [9.17, 15) is 9.59 Å². The second-order valence-electron chi connectivity index (χ2n) is 7.74. The number of hydrogen-bond acceptors (Lipinski definition) is 8. The largest absolute Gasteiger partial charge is 0.368 e. The number of rotatable bonds is 4. The minimum atomic E-state index is -0.359. The number of ketones is 1. The third-order valence-electron chi connectivity index (χ3n) is 5.60. The first-order valence-electron chi connectivity index (χ1n) is 9.98. The van der Waals surface area contributed by atoms with Crippen LogP contribution >= 0.6 is 11.6 Å². The van der Waals surface area contributed by atoms with Crippen LogP contribution in [0.3, 0.4) is 0 Å². The molecule has 0 bridgehead atoms. The molecule has 5 heterocycles. The maximum Gasteiger partial charge on any atom is 0.285 e. The van der Waals surface area contributed by atoms with Gasteiger partial charge < -0.3 is 10.6 Å². The summed E-state index contributed by atoms with van der Waals surface area (Å²) in [6.07, 6.45) is 4.67. The summed E-state index contributed by atoms with van der Waals surface area (Å²) in [5, 5.41) is 5.04. The lowest BCUT2D eigenvalue weighted by molar-refractivity contribution is 0.101. The number of nitrogens with zero attached hydrogens (tertiary/aromatic N) is 7. The standard InChI is InChI=1S/C21H19ClN8O2/c1-11-10-28(18-13(12(2)31)9-25-21(23)26-18)16(11)19-27-29-8-6-14(22)17(29)20(32)30(19)15-5-3-4-7-24-15/h3-9,11,16H,10H2,1-2H3,(H2,23,25,26)/t11-,16-/m0/s1. The van der Waals surface area contributed by atoms with Crippen LogP contribution in [0, 0.1) is 5.92 Å². The van der Waals surface area contributed by atoms with Crippen LogP contribution in [0.2, 0.25) is 5.02 Å². The van der Waals surface area contributed by atoms with Crippen molar-refractivity contribution in [3.05, 3.63) is 69.6 Å². The van der Waals surface area contributed by atoms with E-state index in [-0.39, 0.29) is 34.8 Å². The molecule has 1 aliphatic heterocycles. The van der Waals surface area contributed by atoms with Crippen LogP contribution < -0.4 is 16.2 Å². The normalized spacial score (nSPS) is 18.0. The van der Waals surface area contributed by atoms with Crippen molar-refractivity contribution in [1.82, 2.24) is 29.1 Å². The highest BCUT2D eigenvalue weighted by Crippen LogP contribution is 2.42. The molecule has 2 atom stereocenters. The van der Waals surface area contributed by atoms with Gasteiger partial charge in [-0.15, -0.1) is 0 Å². The van der Waals surface area contributed by atoms with Gasteiger partial charge in [0.25, 0.3) is 5.56 Å². The van der Waals surface area contributed by atoms with Crippen molar-refractivity contribution in [1.29, 1.82) is 0 Å². The van der Waals surface area contributed by atoms with Crippen LogP contribution in [0.4, 0.5) is 11.8 Å². The third kappa shape index (κ3) is 3.02. The van der Waals surface area contributed by atoms with Crippen molar-refractivity contribution in [2.24, 2.45) is 5.92 Å². The molecule has 11 heteroatoms. The Hall–Kier alpha value is -3.79. The quantitative estimate of drug-likeness (QED) is 0.469. The lowest BCUT2D eigenvalue weighted by atomic mass is 9.88. The molecule has 4 aromatic heterocycles. The molecule has 5 rings (SSSR count). The van der Waals surface area contributed by atoms with Gasteiger partial charge in [0.05, 0.1) is 16.6 Å². The Morgan fingerprint density at radius 3 is 2.75 bits per heavy atom. The third-order valence-corrected chi connectivity index (χ3v) is 5.91. The summed E-state index contributed by atoms with van der Waals surface area (Å²) in [5.74, 6) is 1.29. The van der Waals surface area contributed by atoms with Crippen LogP contribution in [-0.4, -0.2) is 41.5 Å². The first kappa shape index (κ1) is 20.1. The summed E-state index contributed by atoms with van der Waals surface area (Å²) in [7, 11) is 0. The fourth-order valence-electron chi connectivity index (χ4n) is 4.10. The minimum Gasteiger partial charge on any atom is -0.368 e. The monoisotopic (exact) mass is 450 g/mol. The zero-order valence-electron chi connectivity index (χ0n) is 17.3. The SMILES string of the molecule is CC(=O)c1cnc(N)nc1N1C[C@H](C)[C@H]1c1nn2ccc(Cl)c2c(=O)n1-c1ccccn1. The van der Waals surface area contributed by atoms with Gasteiger partial charge in [0.2, 0.25) is 5.95 Å². The number of fused-ring (bicyclic) bond motifs is 1. The van der Waals surface area contributed by atoms with E-state index in [1.54, 1.807) is 36.7 Å². The molecule has 0 radical (unpaired) electrons. The molecule has 0 spiro atoms. The van der Waals surface area contributed by atoms with Crippen LogP contribution in [0.1, 0.15) is 36.1 Å². The zero-order chi connectivity index (χ0) is 22.6. The molecule has 1 aliphatic rings.